The zero-order valence-corrected chi connectivity index (χ0v) is 9.26. The van der Waals surface area contributed by atoms with E-state index in [-0.39, 0.29) is 0 Å². The third kappa shape index (κ3) is 1.51. The van der Waals surface area contributed by atoms with Gasteiger partial charge in [-0.15, -0.1) is 0 Å². The van der Waals surface area contributed by atoms with Gasteiger partial charge < -0.3 is 4.42 Å². The fourth-order valence-electron chi connectivity index (χ4n) is 1.47. The molecule has 2 heteroatoms. The number of rotatable bonds is 1. The summed E-state index contributed by atoms with van der Waals surface area (Å²) in [5.74, 6) is 0.516. The Kier molecular flexibility index (Phi) is 2.16. The lowest BCUT2D eigenvalue weighted by molar-refractivity contribution is 0.606. The average Bonchev–Trinajstić information content (AvgIpc) is 2.46. The molecule has 0 aliphatic carbocycles. The van der Waals surface area contributed by atoms with E-state index in [0.29, 0.717) is 5.92 Å². The first-order valence-electron chi connectivity index (χ1n) is 4.35. The Morgan fingerprint density at radius 3 is 2.77 bits per heavy atom. The number of furan rings is 1. The van der Waals surface area contributed by atoms with E-state index in [1.807, 2.05) is 18.4 Å². The van der Waals surface area contributed by atoms with Gasteiger partial charge in [-0.1, -0.05) is 29.8 Å². The highest BCUT2D eigenvalue weighted by Crippen LogP contribution is 2.29. The van der Waals surface area contributed by atoms with Crippen molar-refractivity contribution in [2.75, 3.05) is 0 Å². The van der Waals surface area contributed by atoms with Crippen LogP contribution in [0.1, 0.15) is 25.3 Å². The van der Waals surface area contributed by atoms with E-state index >= 15 is 0 Å². The monoisotopic (exact) mass is 238 g/mol. The van der Waals surface area contributed by atoms with E-state index < -0.39 is 0 Å². The van der Waals surface area contributed by atoms with Crippen LogP contribution in [0.15, 0.2) is 33.4 Å². The predicted molar refractivity (Wildman–Crippen MR) is 58.0 cm³/mol. The van der Waals surface area contributed by atoms with Gasteiger partial charge in [-0.2, -0.15) is 0 Å². The summed E-state index contributed by atoms with van der Waals surface area (Å²) in [6, 6.07) is 6.14. The van der Waals surface area contributed by atoms with Crippen molar-refractivity contribution in [3.05, 3.63) is 34.5 Å². The van der Waals surface area contributed by atoms with E-state index in [0.717, 1.165) is 10.1 Å². The highest BCUT2D eigenvalue weighted by molar-refractivity contribution is 9.10. The Labute approximate surface area is 85.9 Å². The molecule has 0 saturated carbocycles. The molecule has 13 heavy (non-hydrogen) atoms. The first-order chi connectivity index (χ1) is 6.18. The van der Waals surface area contributed by atoms with Crippen molar-refractivity contribution in [1.82, 2.24) is 0 Å². The maximum atomic E-state index is 5.46. The summed E-state index contributed by atoms with van der Waals surface area (Å²) in [7, 11) is 0. The minimum absolute atomic E-state index is 0.516. The molecule has 0 aliphatic heterocycles. The zero-order valence-electron chi connectivity index (χ0n) is 7.67. The third-order valence-electron chi connectivity index (χ3n) is 2.19. The molecule has 2 aromatic rings. The molecule has 0 bridgehead atoms. The topological polar surface area (TPSA) is 13.1 Å². The van der Waals surface area contributed by atoms with Crippen molar-refractivity contribution in [3.8, 4) is 0 Å². The molecule has 0 saturated heterocycles. The third-order valence-corrected chi connectivity index (χ3v) is 2.68. The predicted octanol–water partition coefficient (Wildman–Crippen LogP) is 4.32. The Balaban J connectivity index is 2.69. The molecule has 0 N–H and O–H groups in total. The van der Waals surface area contributed by atoms with Gasteiger partial charge in [0.2, 0.25) is 0 Å². The molecule has 0 unspecified atom stereocenters. The quantitative estimate of drug-likeness (QED) is 0.722. The van der Waals surface area contributed by atoms with Crippen LogP contribution in [0.4, 0.5) is 0 Å². The van der Waals surface area contributed by atoms with Crippen molar-refractivity contribution in [3.63, 3.8) is 0 Å². The second kappa shape index (κ2) is 3.18. The zero-order chi connectivity index (χ0) is 9.42. The van der Waals surface area contributed by atoms with Gasteiger partial charge in [0.05, 0.1) is 6.26 Å². The summed E-state index contributed by atoms with van der Waals surface area (Å²) in [4.78, 5) is 0. The van der Waals surface area contributed by atoms with Crippen LogP contribution in [-0.4, -0.2) is 0 Å². The fourth-order valence-corrected chi connectivity index (χ4v) is 1.81. The minimum Gasteiger partial charge on any atom is -0.464 e. The van der Waals surface area contributed by atoms with Gasteiger partial charge in [-0.3, -0.25) is 0 Å². The van der Waals surface area contributed by atoms with Gasteiger partial charge in [-0.05, 0) is 24.1 Å². The van der Waals surface area contributed by atoms with Crippen molar-refractivity contribution >= 4 is 26.9 Å². The lowest BCUT2D eigenvalue weighted by Crippen LogP contribution is -1.82. The van der Waals surface area contributed by atoms with Crippen LogP contribution in [0.2, 0.25) is 0 Å². The number of fused-ring (bicyclic) bond motifs is 1. The van der Waals surface area contributed by atoms with E-state index in [9.17, 15) is 0 Å². The second-order valence-electron chi connectivity index (χ2n) is 3.49. The minimum atomic E-state index is 0.516. The molecule has 68 valence electrons. The largest absolute Gasteiger partial charge is 0.464 e. The van der Waals surface area contributed by atoms with Crippen molar-refractivity contribution < 1.29 is 4.42 Å². The Morgan fingerprint density at radius 1 is 1.31 bits per heavy atom. The highest BCUT2D eigenvalue weighted by atomic mass is 79.9. The van der Waals surface area contributed by atoms with Gasteiger partial charge in [-0.25, -0.2) is 0 Å². The van der Waals surface area contributed by atoms with E-state index in [1.165, 1.54) is 10.9 Å². The van der Waals surface area contributed by atoms with Gasteiger partial charge in [0.15, 0.2) is 0 Å². The fraction of sp³-hybridized carbons (Fsp3) is 0.273. The summed E-state index contributed by atoms with van der Waals surface area (Å²) in [6.07, 6.45) is 1.85. The molecule has 1 aromatic carbocycles. The second-order valence-corrected chi connectivity index (χ2v) is 4.40. The molecule has 0 fully saturated rings. The molecule has 1 nitrogen and oxygen atoms in total. The number of hydrogen-bond acceptors (Lipinski definition) is 1. The van der Waals surface area contributed by atoms with Gasteiger partial charge in [0.1, 0.15) is 5.58 Å². The normalized spacial score (nSPS) is 11.4. The molecule has 1 heterocycles. The van der Waals surface area contributed by atoms with Gasteiger partial charge >= 0.3 is 0 Å². The molecule has 0 atom stereocenters. The van der Waals surface area contributed by atoms with Crippen LogP contribution in [-0.2, 0) is 0 Å². The number of halogens is 1. The summed E-state index contributed by atoms with van der Waals surface area (Å²) in [6.45, 7) is 4.35. The van der Waals surface area contributed by atoms with Crippen LogP contribution in [0.3, 0.4) is 0 Å². The molecule has 0 aliphatic rings. The summed E-state index contributed by atoms with van der Waals surface area (Å²) in [5.41, 5.74) is 2.24. The first-order valence-corrected chi connectivity index (χ1v) is 5.14. The molecule has 0 amide bonds. The van der Waals surface area contributed by atoms with Crippen LogP contribution in [0.25, 0.3) is 11.0 Å². The van der Waals surface area contributed by atoms with Crippen LogP contribution in [0, 0.1) is 0 Å². The van der Waals surface area contributed by atoms with Crippen LogP contribution < -0.4 is 0 Å². The number of benzene rings is 1. The molecule has 0 radical (unpaired) electrons. The molecule has 1 aromatic heterocycles. The lowest BCUT2D eigenvalue weighted by atomic mass is 10.0. The average molecular weight is 239 g/mol. The lowest BCUT2D eigenvalue weighted by Gasteiger charge is -1.99. The Morgan fingerprint density at radius 2 is 2.08 bits per heavy atom. The van der Waals surface area contributed by atoms with Crippen molar-refractivity contribution in [2.45, 2.75) is 19.8 Å². The summed E-state index contributed by atoms with van der Waals surface area (Å²) >= 11 is 3.42. The van der Waals surface area contributed by atoms with Crippen molar-refractivity contribution in [1.29, 1.82) is 0 Å². The molecular formula is C11H11BrO. The summed E-state index contributed by atoms with van der Waals surface area (Å²) in [5, 5.41) is 1.22. The standard InChI is InChI=1S/C11H11BrO/c1-7(2)10-6-13-11-5-8(12)3-4-9(10)11/h3-7H,1-2H3. The molecule has 2 rings (SSSR count). The smallest absolute Gasteiger partial charge is 0.135 e. The van der Waals surface area contributed by atoms with Crippen LogP contribution >= 0.6 is 15.9 Å². The Hall–Kier alpha value is -0.760. The first kappa shape index (κ1) is 8.82. The highest BCUT2D eigenvalue weighted by Gasteiger charge is 2.08. The van der Waals surface area contributed by atoms with Crippen LogP contribution in [0.5, 0.6) is 0 Å². The molecule has 0 spiro atoms. The van der Waals surface area contributed by atoms with E-state index in [4.69, 9.17) is 4.42 Å². The maximum Gasteiger partial charge on any atom is 0.135 e. The SMILES string of the molecule is CC(C)c1coc2cc(Br)ccc12. The van der Waals surface area contributed by atoms with Crippen molar-refractivity contribution in [2.24, 2.45) is 0 Å². The van der Waals surface area contributed by atoms with E-state index in [1.54, 1.807) is 0 Å². The van der Waals surface area contributed by atoms with Gasteiger partial charge in [0, 0.05) is 15.4 Å². The molecular weight excluding hydrogens is 228 g/mol. The number of hydrogen-bond donors (Lipinski definition) is 0. The Bertz CT molecular complexity index is 429. The maximum absolute atomic E-state index is 5.46. The summed E-state index contributed by atoms with van der Waals surface area (Å²) < 4.78 is 6.52. The van der Waals surface area contributed by atoms with Gasteiger partial charge in [0.25, 0.3) is 0 Å². The van der Waals surface area contributed by atoms with E-state index in [2.05, 4.69) is 35.8 Å².